The molecule has 5 heteroatoms. The Hall–Kier alpha value is -2.24. The number of halogens is 2. The van der Waals surface area contributed by atoms with Crippen molar-refractivity contribution in [3.8, 4) is 0 Å². The molecule has 1 aromatic rings. The SMILES string of the molecule is C=C/C=C\C(=C)c1ccccc1C(C)(CCCCN1CCC(N)CC1)C(=C)NCC(F)CF. The predicted octanol–water partition coefficient (Wildman–Crippen LogP) is 5.70. The highest BCUT2D eigenvalue weighted by molar-refractivity contribution is 5.75. The van der Waals surface area contributed by atoms with Crippen LogP contribution in [0.5, 0.6) is 0 Å². The zero-order chi connectivity index (χ0) is 24.3. The Balaban J connectivity index is 2.19. The van der Waals surface area contributed by atoms with Gasteiger partial charge in [0.15, 0.2) is 0 Å². The van der Waals surface area contributed by atoms with Gasteiger partial charge in [-0.1, -0.05) is 68.7 Å². The van der Waals surface area contributed by atoms with Crippen molar-refractivity contribution in [2.75, 3.05) is 32.9 Å². The van der Waals surface area contributed by atoms with E-state index in [1.165, 1.54) is 0 Å². The van der Waals surface area contributed by atoms with Crippen LogP contribution in [0.1, 0.15) is 50.2 Å². The Labute approximate surface area is 199 Å². The number of rotatable bonds is 14. The van der Waals surface area contributed by atoms with Gasteiger partial charge in [0.05, 0.1) is 0 Å². The zero-order valence-corrected chi connectivity index (χ0v) is 20.2. The largest absolute Gasteiger partial charge is 0.385 e. The number of alkyl halides is 2. The molecule has 1 aliphatic rings. The second-order valence-electron chi connectivity index (χ2n) is 9.24. The summed E-state index contributed by atoms with van der Waals surface area (Å²) in [5.41, 5.74) is 9.25. The van der Waals surface area contributed by atoms with Crippen LogP contribution in [0.15, 0.2) is 67.9 Å². The maximum atomic E-state index is 13.6. The lowest BCUT2D eigenvalue weighted by Crippen LogP contribution is -2.40. The van der Waals surface area contributed by atoms with Crippen LogP contribution in [0.2, 0.25) is 0 Å². The molecule has 182 valence electrons. The minimum atomic E-state index is -1.54. The average Bonchev–Trinajstić information content (AvgIpc) is 2.84. The van der Waals surface area contributed by atoms with Crippen LogP contribution in [-0.2, 0) is 5.41 Å². The van der Waals surface area contributed by atoms with Gasteiger partial charge in [-0.2, -0.15) is 0 Å². The first-order valence-corrected chi connectivity index (χ1v) is 12.0. The second-order valence-corrected chi connectivity index (χ2v) is 9.24. The van der Waals surface area contributed by atoms with Crippen molar-refractivity contribution in [2.24, 2.45) is 5.73 Å². The van der Waals surface area contributed by atoms with Crippen LogP contribution >= 0.6 is 0 Å². The summed E-state index contributed by atoms with van der Waals surface area (Å²) in [5, 5.41) is 3.08. The van der Waals surface area contributed by atoms with Gasteiger partial charge in [0.1, 0.15) is 12.8 Å². The lowest BCUT2D eigenvalue weighted by atomic mass is 9.72. The van der Waals surface area contributed by atoms with Gasteiger partial charge in [-0.05, 0) is 68.9 Å². The van der Waals surface area contributed by atoms with E-state index in [9.17, 15) is 8.78 Å². The molecule has 0 spiro atoms. The molecule has 1 fully saturated rings. The average molecular weight is 458 g/mol. The van der Waals surface area contributed by atoms with Gasteiger partial charge in [-0.25, -0.2) is 8.78 Å². The standard InChI is InChI=1S/C28H41F2N3/c1-5-6-11-22(2)26-12-7-8-13-27(26)28(4,23(3)32-21-24(30)20-29)16-9-10-17-33-18-14-25(31)15-19-33/h5-8,11-13,24-25,32H,1-3,9-10,14-21,31H2,4H3/b11-6-. The summed E-state index contributed by atoms with van der Waals surface area (Å²) in [7, 11) is 0. The van der Waals surface area contributed by atoms with Crippen LogP contribution in [0.25, 0.3) is 5.57 Å². The van der Waals surface area contributed by atoms with Crippen molar-refractivity contribution >= 4 is 5.57 Å². The van der Waals surface area contributed by atoms with E-state index >= 15 is 0 Å². The van der Waals surface area contributed by atoms with Crippen LogP contribution in [-0.4, -0.2) is 50.0 Å². The monoisotopic (exact) mass is 457 g/mol. The summed E-state index contributed by atoms with van der Waals surface area (Å²) in [6.45, 7) is 16.5. The number of allylic oxidation sites excluding steroid dienone is 5. The fraction of sp³-hybridized carbons (Fsp3) is 0.500. The summed E-state index contributed by atoms with van der Waals surface area (Å²) >= 11 is 0. The molecule has 3 nitrogen and oxygen atoms in total. The summed E-state index contributed by atoms with van der Waals surface area (Å²) in [4.78, 5) is 2.48. The molecule has 2 unspecified atom stereocenters. The second kappa shape index (κ2) is 13.5. The minimum absolute atomic E-state index is 0.0849. The maximum absolute atomic E-state index is 13.6. The van der Waals surface area contributed by atoms with E-state index in [2.05, 4.69) is 42.9 Å². The number of hydrogen-bond acceptors (Lipinski definition) is 3. The van der Waals surface area contributed by atoms with Crippen molar-refractivity contribution in [1.29, 1.82) is 0 Å². The number of benzene rings is 1. The molecule has 1 aliphatic heterocycles. The Morgan fingerprint density at radius 2 is 1.97 bits per heavy atom. The van der Waals surface area contributed by atoms with Crippen LogP contribution < -0.4 is 11.1 Å². The van der Waals surface area contributed by atoms with Gasteiger partial charge in [-0.3, -0.25) is 0 Å². The first-order chi connectivity index (χ1) is 15.8. The molecule has 0 aromatic heterocycles. The lowest BCUT2D eigenvalue weighted by molar-refractivity contribution is 0.207. The molecule has 2 atom stereocenters. The maximum Gasteiger partial charge on any atom is 0.145 e. The molecule has 1 heterocycles. The van der Waals surface area contributed by atoms with Gasteiger partial charge < -0.3 is 16.0 Å². The molecule has 2 rings (SSSR count). The van der Waals surface area contributed by atoms with E-state index in [1.807, 2.05) is 30.4 Å². The van der Waals surface area contributed by atoms with Crippen molar-refractivity contribution in [3.63, 3.8) is 0 Å². The van der Waals surface area contributed by atoms with E-state index in [4.69, 9.17) is 5.73 Å². The molecule has 0 saturated carbocycles. The molecule has 33 heavy (non-hydrogen) atoms. The number of unbranched alkanes of at least 4 members (excludes halogenated alkanes) is 1. The minimum Gasteiger partial charge on any atom is -0.385 e. The molecule has 0 radical (unpaired) electrons. The summed E-state index contributed by atoms with van der Waals surface area (Å²) in [5.74, 6) is 0. The third kappa shape index (κ3) is 7.94. The molecule has 0 amide bonds. The molecule has 1 aromatic carbocycles. The number of nitrogens with zero attached hydrogens (tertiary/aromatic N) is 1. The highest BCUT2D eigenvalue weighted by Gasteiger charge is 2.32. The van der Waals surface area contributed by atoms with E-state index in [-0.39, 0.29) is 6.54 Å². The van der Waals surface area contributed by atoms with Crippen LogP contribution in [0.4, 0.5) is 8.78 Å². The Bertz CT molecular complexity index is 811. The number of likely N-dealkylation sites (tertiary alicyclic amines) is 1. The Kier molecular flexibility index (Phi) is 11.0. The van der Waals surface area contributed by atoms with Crippen LogP contribution in [0, 0.1) is 0 Å². The Morgan fingerprint density at radius 3 is 2.64 bits per heavy atom. The zero-order valence-electron chi connectivity index (χ0n) is 20.2. The van der Waals surface area contributed by atoms with Gasteiger partial charge in [0.2, 0.25) is 0 Å². The third-order valence-electron chi connectivity index (χ3n) is 6.70. The van der Waals surface area contributed by atoms with Crippen LogP contribution in [0.3, 0.4) is 0 Å². The summed E-state index contributed by atoms with van der Waals surface area (Å²) < 4.78 is 26.4. The van der Waals surface area contributed by atoms with Gasteiger partial charge >= 0.3 is 0 Å². The van der Waals surface area contributed by atoms with Crippen molar-refractivity contribution < 1.29 is 8.78 Å². The topological polar surface area (TPSA) is 41.3 Å². The van der Waals surface area contributed by atoms with Crippen molar-refractivity contribution in [3.05, 3.63) is 79.1 Å². The summed E-state index contributed by atoms with van der Waals surface area (Å²) in [6.07, 6.45) is 8.99. The number of hydrogen-bond donors (Lipinski definition) is 2. The van der Waals surface area contributed by atoms with E-state index in [0.717, 1.165) is 68.4 Å². The van der Waals surface area contributed by atoms with Crippen molar-refractivity contribution in [2.45, 2.75) is 56.7 Å². The number of nitrogens with two attached hydrogens (primary N) is 1. The van der Waals surface area contributed by atoms with Gasteiger partial charge in [-0.15, -0.1) is 0 Å². The molecular formula is C28H41F2N3. The smallest absolute Gasteiger partial charge is 0.145 e. The molecular weight excluding hydrogens is 416 g/mol. The predicted molar refractivity (Wildman–Crippen MR) is 138 cm³/mol. The van der Waals surface area contributed by atoms with E-state index in [1.54, 1.807) is 6.08 Å². The molecule has 0 bridgehead atoms. The van der Waals surface area contributed by atoms with Gasteiger partial charge in [0.25, 0.3) is 0 Å². The number of piperidine rings is 1. The first kappa shape index (κ1) is 27.0. The fourth-order valence-corrected chi connectivity index (χ4v) is 4.44. The van der Waals surface area contributed by atoms with Crippen molar-refractivity contribution in [1.82, 2.24) is 10.2 Å². The Morgan fingerprint density at radius 1 is 1.27 bits per heavy atom. The summed E-state index contributed by atoms with van der Waals surface area (Å²) in [6, 6.07) is 8.47. The van der Waals surface area contributed by atoms with E-state index < -0.39 is 18.3 Å². The third-order valence-corrected chi connectivity index (χ3v) is 6.70. The lowest BCUT2D eigenvalue weighted by Gasteiger charge is -2.36. The number of nitrogens with one attached hydrogen (secondary N) is 1. The van der Waals surface area contributed by atoms with Gasteiger partial charge in [0, 0.05) is 23.7 Å². The molecule has 3 N–H and O–H groups in total. The first-order valence-electron chi connectivity index (χ1n) is 12.0. The van der Waals surface area contributed by atoms with E-state index in [0.29, 0.717) is 11.7 Å². The normalized spacial score (nSPS) is 18.1. The molecule has 0 aliphatic carbocycles. The highest BCUT2D eigenvalue weighted by Crippen LogP contribution is 2.39. The highest BCUT2D eigenvalue weighted by atomic mass is 19.2. The molecule has 1 saturated heterocycles. The fourth-order valence-electron chi connectivity index (χ4n) is 4.44. The quantitative estimate of drug-likeness (QED) is 0.278.